The lowest BCUT2D eigenvalue weighted by atomic mass is 9.97. The summed E-state index contributed by atoms with van der Waals surface area (Å²) in [4.78, 5) is 17.2. The number of hydrogen-bond acceptors (Lipinski definition) is 5. The van der Waals surface area contributed by atoms with Crippen LogP contribution in [0.5, 0.6) is 0 Å². The van der Waals surface area contributed by atoms with Crippen LogP contribution in [-0.4, -0.2) is 24.6 Å². The van der Waals surface area contributed by atoms with Gasteiger partial charge >= 0.3 is 0 Å². The molecular formula is C26H19N5S. The second-order valence-electron chi connectivity index (χ2n) is 8.28. The van der Waals surface area contributed by atoms with E-state index in [1.165, 1.54) is 28.7 Å². The fourth-order valence-corrected chi connectivity index (χ4v) is 6.01. The molecule has 4 aromatic heterocycles. The summed E-state index contributed by atoms with van der Waals surface area (Å²) in [5.74, 6) is 0.714. The fraction of sp³-hybridized carbons (Fsp3) is 0.154. The van der Waals surface area contributed by atoms with Crippen molar-refractivity contribution in [1.29, 1.82) is 0 Å². The van der Waals surface area contributed by atoms with Crippen molar-refractivity contribution in [3.05, 3.63) is 77.4 Å². The van der Waals surface area contributed by atoms with Gasteiger partial charge in [0.05, 0.1) is 16.6 Å². The Morgan fingerprint density at radius 3 is 2.66 bits per heavy atom. The Labute approximate surface area is 188 Å². The molecule has 2 aromatic carbocycles. The molecule has 1 aliphatic rings. The number of aryl methyl sites for hydroxylation is 2. The van der Waals surface area contributed by atoms with Gasteiger partial charge in [0.25, 0.3) is 0 Å². The van der Waals surface area contributed by atoms with E-state index in [2.05, 4.69) is 30.3 Å². The van der Waals surface area contributed by atoms with E-state index >= 15 is 0 Å². The number of benzene rings is 2. The van der Waals surface area contributed by atoms with E-state index in [0.29, 0.717) is 5.82 Å². The molecule has 0 bridgehead atoms. The van der Waals surface area contributed by atoms with Gasteiger partial charge in [-0.1, -0.05) is 48.5 Å². The number of pyridine rings is 1. The minimum Gasteiger partial charge on any atom is -0.248 e. The molecule has 0 atom stereocenters. The molecule has 154 valence electrons. The van der Waals surface area contributed by atoms with Crippen LogP contribution in [-0.2, 0) is 12.8 Å². The standard InChI is InChI=1S/C26H19N5S/c1-2-8-16(9-3-1)21-14-19(17-10-4-6-12-20(17)28-21)24-29-25-23-18-11-5-7-13-22(18)32-26(23)27-15-31(25)30-24/h1-4,6,8-10,12,14-15H,5,7,11,13H2. The van der Waals surface area contributed by atoms with Gasteiger partial charge in [-0.05, 0) is 43.4 Å². The van der Waals surface area contributed by atoms with Crippen LogP contribution in [0.15, 0.2) is 67.0 Å². The topological polar surface area (TPSA) is 56.0 Å². The maximum absolute atomic E-state index is 5.07. The molecule has 0 radical (unpaired) electrons. The van der Waals surface area contributed by atoms with Gasteiger partial charge in [-0.3, -0.25) is 0 Å². The third-order valence-corrected chi connectivity index (χ3v) is 7.52. The molecule has 6 heteroatoms. The maximum Gasteiger partial charge on any atom is 0.183 e. The first kappa shape index (κ1) is 18.0. The first-order chi connectivity index (χ1) is 15.8. The van der Waals surface area contributed by atoms with Crippen molar-refractivity contribution in [3.8, 4) is 22.6 Å². The lowest BCUT2D eigenvalue weighted by Gasteiger charge is -2.09. The smallest absolute Gasteiger partial charge is 0.183 e. The zero-order valence-electron chi connectivity index (χ0n) is 17.3. The lowest BCUT2D eigenvalue weighted by molar-refractivity contribution is 0.700. The van der Waals surface area contributed by atoms with Gasteiger partial charge < -0.3 is 0 Å². The minimum atomic E-state index is 0.714. The highest BCUT2D eigenvalue weighted by Gasteiger charge is 2.21. The van der Waals surface area contributed by atoms with Gasteiger partial charge in [0.15, 0.2) is 11.5 Å². The van der Waals surface area contributed by atoms with E-state index in [9.17, 15) is 0 Å². The summed E-state index contributed by atoms with van der Waals surface area (Å²) in [6, 6.07) is 20.6. The van der Waals surface area contributed by atoms with Gasteiger partial charge in [0.1, 0.15) is 11.2 Å². The van der Waals surface area contributed by atoms with Crippen molar-refractivity contribution in [2.24, 2.45) is 0 Å². The number of rotatable bonds is 2. The molecule has 32 heavy (non-hydrogen) atoms. The van der Waals surface area contributed by atoms with Crippen LogP contribution in [0.1, 0.15) is 23.3 Å². The molecule has 0 saturated carbocycles. The van der Waals surface area contributed by atoms with E-state index in [1.54, 1.807) is 6.33 Å². The molecule has 0 fully saturated rings. The van der Waals surface area contributed by atoms with Gasteiger partial charge in [0, 0.05) is 21.4 Å². The fourth-order valence-electron chi connectivity index (χ4n) is 4.79. The normalized spacial score (nSPS) is 13.8. The highest BCUT2D eigenvalue weighted by Crippen LogP contribution is 2.38. The summed E-state index contributed by atoms with van der Waals surface area (Å²) in [6.07, 6.45) is 6.56. The highest BCUT2D eigenvalue weighted by molar-refractivity contribution is 7.19. The van der Waals surface area contributed by atoms with Crippen molar-refractivity contribution in [2.45, 2.75) is 25.7 Å². The van der Waals surface area contributed by atoms with E-state index in [4.69, 9.17) is 20.1 Å². The zero-order valence-corrected chi connectivity index (χ0v) is 18.1. The molecule has 5 nitrogen and oxygen atoms in total. The summed E-state index contributed by atoms with van der Waals surface area (Å²) >= 11 is 1.82. The zero-order chi connectivity index (χ0) is 21.1. The molecule has 0 unspecified atom stereocenters. The average Bonchev–Trinajstić information content (AvgIpc) is 3.45. The minimum absolute atomic E-state index is 0.714. The molecule has 0 saturated heterocycles. The maximum atomic E-state index is 5.07. The summed E-state index contributed by atoms with van der Waals surface area (Å²) in [5.41, 5.74) is 6.28. The molecule has 4 heterocycles. The Balaban J connectivity index is 1.50. The number of fused-ring (bicyclic) bond motifs is 6. The summed E-state index contributed by atoms with van der Waals surface area (Å²) in [6.45, 7) is 0. The van der Waals surface area contributed by atoms with Crippen molar-refractivity contribution in [3.63, 3.8) is 0 Å². The average molecular weight is 434 g/mol. The van der Waals surface area contributed by atoms with E-state index in [1.807, 2.05) is 46.2 Å². The number of thiophene rings is 1. The summed E-state index contributed by atoms with van der Waals surface area (Å²) < 4.78 is 1.84. The van der Waals surface area contributed by atoms with Crippen LogP contribution in [0.3, 0.4) is 0 Å². The Hall–Kier alpha value is -3.64. The number of nitrogens with zero attached hydrogens (tertiary/aromatic N) is 5. The van der Waals surface area contributed by atoms with Crippen LogP contribution in [0.2, 0.25) is 0 Å². The van der Waals surface area contributed by atoms with Crippen LogP contribution in [0.25, 0.3) is 49.4 Å². The van der Waals surface area contributed by atoms with Crippen molar-refractivity contribution in [1.82, 2.24) is 24.6 Å². The van der Waals surface area contributed by atoms with Crippen LogP contribution in [0.4, 0.5) is 0 Å². The number of aromatic nitrogens is 5. The quantitative estimate of drug-likeness (QED) is 0.331. The molecule has 0 N–H and O–H groups in total. The third-order valence-electron chi connectivity index (χ3n) is 6.32. The molecule has 6 aromatic rings. The Morgan fingerprint density at radius 2 is 1.72 bits per heavy atom. The first-order valence-corrected chi connectivity index (χ1v) is 11.8. The Bertz CT molecular complexity index is 1630. The number of hydrogen-bond donors (Lipinski definition) is 0. The monoisotopic (exact) mass is 433 g/mol. The van der Waals surface area contributed by atoms with Crippen LogP contribution >= 0.6 is 11.3 Å². The predicted octanol–water partition coefficient (Wildman–Crippen LogP) is 6.10. The number of para-hydroxylation sites is 1. The largest absolute Gasteiger partial charge is 0.248 e. The molecule has 0 spiro atoms. The van der Waals surface area contributed by atoms with Crippen molar-refractivity contribution >= 4 is 38.1 Å². The van der Waals surface area contributed by atoms with E-state index in [0.717, 1.165) is 51.0 Å². The van der Waals surface area contributed by atoms with Gasteiger partial charge in [-0.25, -0.2) is 19.5 Å². The second kappa shape index (κ2) is 6.93. The molecule has 1 aliphatic carbocycles. The van der Waals surface area contributed by atoms with Gasteiger partial charge in [-0.2, -0.15) is 0 Å². The third kappa shape index (κ3) is 2.69. The van der Waals surface area contributed by atoms with Crippen molar-refractivity contribution in [2.75, 3.05) is 0 Å². The highest BCUT2D eigenvalue weighted by atomic mass is 32.1. The van der Waals surface area contributed by atoms with E-state index in [-0.39, 0.29) is 0 Å². The van der Waals surface area contributed by atoms with E-state index < -0.39 is 0 Å². The van der Waals surface area contributed by atoms with Gasteiger partial charge in [-0.15, -0.1) is 16.4 Å². The summed E-state index contributed by atoms with van der Waals surface area (Å²) in [5, 5.41) is 7.11. The van der Waals surface area contributed by atoms with Gasteiger partial charge in [0.2, 0.25) is 0 Å². The van der Waals surface area contributed by atoms with Crippen molar-refractivity contribution < 1.29 is 0 Å². The lowest BCUT2D eigenvalue weighted by Crippen LogP contribution is -1.99. The SMILES string of the molecule is c1ccc(-c2cc(-c3nc4c5c6c(sc5ncn4n3)CCCC6)c3ccccc3n2)cc1. The van der Waals surface area contributed by atoms with Crippen LogP contribution in [0, 0.1) is 0 Å². The summed E-state index contributed by atoms with van der Waals surface area (Å²) in [7, 11) is 0. The Kier molecular flexibility index (Phi) is 3.90. The predicted molar refractivity (Wildman–Crippen MR) is 129 cm³/mol. The molecule has 0 aliphatic heterocycles. The van der Waals surface area contributed by atoms with Crippen LogP contribution < -0.4 is 0 Å². The molecule has 7 rings (SSSR count). The molecular weight excluding hydrogens is 414 g/mol. The first-order valence-electron chi connectivity index (χ1n) is 11.0. The Morgan fingerprint density at radius 1 is 0.875 bits per heavy atom. The molecule has 0 amide bonds. The second-order valence-corrected chi connectivity index (χ2v) is 9.36.